The Hall–Kier alpha value is -4.96. The molecule has 36 nitrogen and oxygen atoms in total. The topological polar surface area (TPSA) is 596 Å². The molecule has 0 aromatic carbocycles. The SMILES string of the molecule is C#C[C@H]1[C@H](O)[C@@H](O)[C@H](O[C@H]2[C@H](O)[C@@H](O)[C@H](C#CC#C[C@H]3[C@H](O)[C@@H](O)[C@H](O[C@H]4[C@H](O)[C@@H](O)[C@H](C#CC#C[C@H]5[C@H](O)[C@@H](O)[C@H](O[C@H]6[C@H](O)[C@@H](O)[C@H](C#CC#C[C@H]7[C@H](O)[C@@H](O)[C@H](O[C@H]8[C@H](O)[C@@H](O)[C@H](C#C)O[C@@H]8CO)O[C@@H]7CO)O[C@@H]6CO)O[C@@H]5CO)O[C@@H]4CO)O[C@@H]3CO)O[C@@H]2CO)O[C@@H]1CO. The minimum absolute atomic E-state index is 0.683. The molecule has 8 rings (SSSR count). The third kappa shape index (κ3) is 17.5. The van der Waals surface area contributed by atoms with Crippen LogP contribution in [0.25, 0.3) is 0 Å². The highest BCUT2D eigenvalue weighted by Crippen LogP contribution is 2.37. The van der Waals surface area contributed by atoms with Crippen LogP contribution in [0.15, 0.2) is 0 Å². The Balaban J connectivity index is 0.825. The van der Waals surface area contributed by atoms with Crippen LogP contribution in [-0.4, -0.2) is 396 Å². The molecule has 0 radical (unpaired) electrons. The summed E-state index contributed by atoms with van der Waals surface area (Å²) in [6.07, 6.45) is -50.4. The van der Waals surface area contributed by atoms with Crippen molar-refractivity contribution in [3.05, 3.63) is 0 Å². The zero-order chi connectivity index (χ0) is 73.1. The van der Waals surface area contributed by atoms with Gasteiger partial charge in [0.2, 0.25) is 0 Å². The monoisotopic (exact) mass is 1430 g/mol. The fraction of sp³-hybridized carbons (Fsp3) is 0.750. The van der Waals surface area contributed by atoms with E-state index in [9.17, 15) is 123 Å². The standard InChI is InChI=1S/C64H82O36/c1-3-25-33(17-65)93-61(53(85)41(25)73)98-58-38(22-70)90-30(46(78)50(58)82)14-8-6-12-27-35(19-67)95-63(55(87)43(27)75)100-60-40(24-72)92-32(48(80)52(60)84)16-10-7-13-28-36(20-68)96-64(56(88)44(28)76)99-59-39(23-71)91-31(47(79)51(59)83)15-9-5-11-26-34(18-66)94-62(54(86)42(26)74)97-57-37(21-69)89-29(4-2)45(77)49(57)81/h1-2,25-88H,17-24H2/t25-,26-,27-,28-,29+,30+,31+,32+,33-,34-,35-,36-,37-,38-,39-,40-,41+,42+,43+,44+,45+,46+,47+,48+,49-,50-,51-,52-,53-,54-,55-,56-,57-,58-,59-,60-,61+,62+,63+,64+/m1/s1. The van der Waals surface area contributed by atoms with Gasteiger partial charge in [0.05, 0.1) is 76.5 Å². The zero-order valence-corrected chi connectivity index (χ0v) is 52.5. The molecule has 554 valence electrons. The smallest absolute Gasteiger partial charge is 0.187 e. The van der Waals surface area contributed by atoms with Crippen molar-refractivity contribution in [1.82, 2.24) is 0 Å². The Labute approximate surface area is 570 Å². The molecular weight excluding hydrogens is 1340 g/mol. The minimum atomic E-state index is -2.02. The molecule has 8 fully saturated rings. The lowest BCUT2D eigenvalue weighted by atomic mass is 9.89. The Morgan fingerprint density at radius 1 is 0.220 bits per heavy atom. The van der Waals surface area contributed by atoms with Gasteiger partial charge in [-0.05, 0) is 35.5 Å². The predicted molar refractivity (Wildman–Crippen MR) is 320 cm³/mol. The molecule has 100 heavy (non-hydrogen) atoms. The average Bonchev–Trinajstić information content (AvgIpc) is 0.798. The van der Waals surface area contributed by atoms with Crippen molar-refractivity contribution in [3.8, 4) is 95.7 Å². The molecule has 0 aromatic heterocycles. The summed E-state index contributed by atoms with van der Waals surface area (Å²) in [4.78, 5) is 0. The molecule has 0 spiro atoms. The van der Waals surface area contributed by atoms with E-state index in [4.69, 9.17) is 69.7 Å². The first-order valence-electron chi connectivity index (χ1n) is 31.4. The van der Waals surface area contributed by atoms with Crippen molar-refractivity contribution in [2.24, 2.45) is 23.7 Å². The first-order chi connectivity index (χ1) is 47.8. The summed E-state index contributed by atoms with van der Waals surface area (Å²) in [6.45, 7) is -6.66. The van der Waals surface area contributed by atoms with Gasteiger partial charge in [-0.2, -0.15) is 0 Å². The molecular formula is C64H82O36. The maximum Gasteiger partial charge on any atom is 0.187 e. The lowest BCUT2D eigenvalue weighted by molar-refractivity contribution is -0.329. The minimum Gasteiger partial charge on any atom is -0.394 e. The largest absolute Gasteiger partial charge is 0.394 e. The Bertz CT molecular complexity index is 3140. The molecule has 0 bridgehead atoms. The summed E-state index contributed by atoms with van der Waals surface area (Å²) < 4.78 is 67.6. The number of ether oxygens (including phenoxy) is 12. The molecule has 0 aromatic rings. The molecule has 0 unspecified atom stereocenters. The van der Waals surface area contributed by atoms with E-state index in [1.54, 1.807) is 0 Å². The summed E-state index contributed by atoms with van der Waals surface area (Å²) in [5.41, 5.74) is 0. The van der Waals surface area contributed by atoms with Gasteiger partial charge in [0.25, 0.3) is 0 Å². The quantitative estimate of drug-likeness (QED) is 0.0638. The number of aliphatic hydroxyl groups is 24. The molecule has 0 aliphatic carbocycles. The Kier molecular flexibility index (Phi) is 29.6. The molecule has 8 aliphatic rings. The maximum absolute atomic E-state index is 11.2. The maximum atomic E-state index is 11.2. The fourth-order valence-corrected chi connectivity index (χ4v) is 12.4. The molecule has 36 heteroatoms. The van der Waals surface area contributed by atoms with E-state index in [1.165, 1.54) is 0 Å². The third-order valence-electron chi connectivity index (χ3n) is 18.1. The highest BCUT2D eigenvalue weighted by atomic mass is 16.7. The van der Waals surface area contributed by atoms with Crippen LogP contribution in [0.5, 0.6) is 0 Å². The van der Waals surface area contributed by atoms with Gasteiger partial charge in [-0.3, -0.25) is 0 Å². The second-order valence-electron chi connectivity index (χ2n) is 24.3. The van der Waals surface area contributed by atoms with Crippen molar-refractivity contribution in [1.29, 1.82) is 0 Å². The van der Waals surface area contributed by atoms with Gasteiger partial charge >= 0.3 is 0 Å². The van der Waals surface area contributed by atoms with Gasteiger partial charge in [0, 0.05) is 0 Å². The zero-order valence-electron chi connectivity index (χ0n) is 52.5. The predicted octanol–water partition coefficient (Wildman–Crippen LogP) is -16.0. The Morgan fingerprint density at radius 3 is 0.660 bits per heavy atom. The number of hydrogen-bond acceptors (Lipinski definition) is 36. The molecule has 0 amide bonds. The van der Waals surface area contributed by atoms with E-state index in [0.717, 1.165) is 0 Å². The van der Waals surface area contributed by atoms with Crippen molar-refractivity contribution < 1.29 is 179 Å². The van der Waals surface area contributed by atoms with Gasteiger partial charge in [-0.15, -0.1) is 12.8 Å². The van der Waals surface area contributed by atoms with Crippen LogP contribution < -0.4 is 0 Å². The number of hydrogen-bond donors (Lipinski definition) is 24. The first-order valence-corrected chi connectivity index (χ1v) is 31.4. The van der Waals surface area contributed by atoms with Crippen molar-refractivity contribution in [2.75, 3.05) is 52.9 Å². The van der Waals surface area contributed by atoms with E-state index >= 15 is 0 Å². The summed E-state index contributed by atoms with van der Waals surface area (Å²) >= 11 is 0. The lowest BCUT2D eigenvalue weighted by Gasteiger charge is -2.45. The van der Waals surface area contributed by atoms with Crippen LogP contribution in [0.4, 0.5) is 0 Å². The second kappa shape index (κ2) is 36.6. The van der Waals surface area contributed by atoms with Gasteiger partial charge in [0.15, 0.2) is 25.2 Å². The third-order valence-corrected chi connectivity index (χ3v) is 18.1. The summed E-state index contributed by atoms with van der Waals surface area (Å²) in [5.74, 6) is 27.9. The van der Waals surface area contributed by atoms with E-state index in [-0.39, 0.29) is 0 Å². The average molecular weight is 1430 g/mol. The van der Waals surface area contributed by atoms with Gasteiger partial charge < -0.3 is 179 Å². The van der Waals surface area contributed by atoms with Gasteiger partial charge in [-0.1, -0.05) is 47.4 Å². The summed E-state index contributed by atoms with van der Waals surface area (Å²) in [7, 11) is 0. The van der Waals surface area contributed by atoms with Crippen molar-refractivity contribution >= 4 is 0 Å². The second-order valence-corrected chi connectivity index (χ2v) is 24.3. The van der Waals surface area contributed by atoms with E-state index in [1.807, 2.05) is 0 Å². The van der Waals surface area contributed by atoms with Crippen LogP contribution in [0.2, 0.25) is 0 Å². The van der Waals surface area contributed by atoms with Crippen molar-refractivity contribution in [3.63, 3.8) is 0 Å². The Morgan fingerprint density at radius 2 is 0.430 bits per heavy atom. The molecule has 0 saturated carbocycles. The summed E-state index contributed by atoms with van der Waals surface area (Å²) in [6, 6.07) is 0. The van der Waals surface area contributed by atoms with Gasteiger partial charge in [-0.25, -0.2) is 0 Å². The van der Waals surface area contributed by atoms with Crippen LogP contribution in [-0.2, 0) is 56.8 Å². The van der Waals surface area contributed by atoms with Crippen LogP contribution in [0.3, 0.4) is 0 Å². The number of rotatable bonds is 16. The molecule has 24 N–H and O–H groups in total. The highest BCUT2D eigenvalue weighted by Gasteiger charge is 2.56. The molecule has 40 atom stereocenters. The van der Waals surface area contributed by atoms with E-state index < -0.39 is 297 Å². The van der Waals surface area contributed by atoms with Crippen LogP contribution in [0.1, 0.15) is 0 Å². The number of terminal acetylenes is 2. The molecule has 8 heterocycles. The highest BCUT2D eigenvalue weighted by molar-refractivity contribution is 5.33. The first kappa shape index (κ1) is 80.7. The van der Waals surface area contributed by atoms with Gasteiger partial charge in [0.1, 0.15) is 195 Å². The lowest BCUT2D eigenvalue weighted by Crippen LogP contribution is -2.63. The van der Waals surface area contributed by atoms with E-state index in [2.05, 4.69) is 82.9 Å². The fourth-order valence-electron chi connectivity index (χ4n) is 12.4. The van der Waals surface area contributed by atoms with Crippen LogP contribution >= 0.6 is 0 Å². The number of aliphatic hydroxyl groups excluding tert-OH is 24. The van der Waals surface area contributed by atoms with E-state index in [0.29, 0.717) is 0 Å². The summed E-state index contributed by atoms with van der Waals surface area (Å²) in [5, 5.41) is 256. The molecule has 8 saturated heterocycles. The van der Waals surface area contributed by atoms with Crippen LogP contribution in [0, 0.1) is 119 Å². The molecule has 8 aliphatic heterocycles. The van der Waals surface area contributed by atoms with Crippen molar-refractivity contribution in [2.45, 2.75) is 220 Å². The normalized spacial score (nSPS) is 47.9.